The predicted octanol–water partition coefficient (Wildman–Crippen LogP) is 3.50. The molecule has 92 valence electrons. The zero-order chi connectivity index (χ0) is 12.3. The lowest BCUT2D eigenvalue weighted by Gasteiger charge is -2.06. The minimum atomic E-state index is -0.216. The van der Waals surface area contributed by atoms with E-state index in [9.17, 15) is 4.39 Å². The van der Waals surface area contributed by atoms with E-state index in [-0.39, 0.29) is 5.82 Å². The van der Waals surface area contributed by atoms with Crippen LogP contribution in [0.2, 0.25) is 0 Å². The molecule has 0 fully saturated rings. The maximum absolute atomic E-state index is 13.0. The van der Waals surface area contributed by atoms with Crippen molar-refractivity contribution in [2.24, 2.45) is 0 Å². The summed E-state index contributed by atoms with van der Waals surface area (Å²) in [5.41, 5.74) is 0.762. The number of furan rings is 1. The average Bonchev–Trinajstić information content (AvgIpc) is 2.66. The highest BCUT2D eigenvalue weighted by atomic mass is 19.1. The molecule has 1 N–H and O–H groups in total. The van der Waals surface area contributed by atoms with Crippen molar-refractivity contribution in [2.75, 3.05) is 6.54 Å². The molecule has 0 aliphatic rings. The summed E-state index contributed by atoms with van der Waals surface area (Å²) in [5, 5.41) is 4.20. The summed E-state index contributed by atoms with van der Waals surface area (Å²) >= 11 is 0. The van der Waals surface area contributed by atoms with E-state index in [1.807, 2.05) is 6.07 Å². The van der Waals surface area contributed by atoms with Gasteiger partial charge in [0.05, 0.1) is 0 Å². The summed E-state index contributed by atoms with van der Waals surface area (Å²) < 4.78 is 18.6. The van der Waals surface area contributed by atoms with Crippen molar-refractivity contribution in [3.05, 3.63) is 35.8 Å². The van der Waals surface area contributed by atoms with Crippen molar-refractivity contribution in [2.45, 2.75) is 32.7 Å². The topological polar surface area (TPSA) is 25.2 Å². The third-order valence-electron chi connectivity index (χ3n) is 2.68. The third-order valence-corrected chi connectivity index (χ3v) is 2.68. The number of nitrogens with one attached hydrogen (secondary N) is 1. The zero-order valence-electron chi connectivity index (χ0n) is 10.3. The van der Waals surface area contributed by atoms with Gasteiger partial charge in [0.15, 0.2) is 0 Å². The second kappa shape index (κ2) is 5.32. The first-order valence-electron chi connectivity index (χ1n) is 6.06. The molecule has 0 aliphatic carbocycles. The molecule has 0 amide bonds. The first kappa shape index (κ1) is 12.1. The van der Waals surface area contributed by atoms with Gasteiger partial charge < -0.3 is 9.73 Å². The van der Waals surface area contributed by atoms with E-state index in [4.69, 9.17) is 4.42 Å². The van der Waals surface area contributed by atoms with Crippen LogP contribution in [0.3, 0.4) is 0 Å². The molecule has 1 aromatic heterocycles. The van der Waals surface area contributed by atoms with E-state index in [0.717, 1.165) is 36.1 Å². The van der Waals surface area contributed by atoms with Crippen LogP contribution in [0.25, 0.3) is 11.0 Å². The Kier molecular flexibility index (Phi) is 3.79. The van der Waals surface area contributed by atoms with E-state index < -0.39 is 0 Å². The fourth-order valence-electron chi connectivity index (χ4n) is 1.85. The Balaban J connectivity index is 1.95. The molecular weight excluding hydrogens is 217 g/mol. The summed E-state index contributed by atoms with van der Waals surface area (Å²) in [5.74, 6) is 0.711. The molecular formula is C14H18FNO. The quantitative estimate of drug-likeness (QED) is 0.802. The molecule has 1 aromatic carbocycles. The van der Waals surface area contributed by atoms with Crippen molar-refractivity contribution in [1.82, 2.24) is 5.32 Å². The number of aryl methyl sites for hydroxylation is 1. The molecule has 1 heterocycles. The van der Waals surface area contributed by atoms with Gasteiger partial charge in [-0.1, -0.05) is 13.8 Å². The second-order valence-corrected chi connectivity index (χ2v) is 4.61. The minimum Gasteiger partial charge on any atom is -0.461 e. The van der Waals surface area contributed by atoms with Gasteiger partial charge in [0.1, 0.15) is 17.2 Å². The molecule has 0 aliphatic heterocycles. The Morgan fingerprint density at radius 2 is 2.12 bits per heavy atom. The van der Waals surface area contributed by atoms with Crippen molar-refractivity contribution in [1.29, 1.82) is 0 Å². The normalized spacial score (nSPS) is 11.5. The van der Waals surface area contributed by atoms with Gasteiger partial charge in [-0.3, -0.25) is 0 Å². The predicted molar refractivity (Wildman–Crippen MR) is 67.6 cm³/mol. The molecule has 17 heavy (non-hydrogen) atoms. The highest BCUT2D eigenvalue weighted by Gasteiger charge is 2.04. The molecule has 0 spiro atoms. The highest BCUT2D eigenvalue weighted by Crippen LogP contribution is 2.21. The SMILES string of the molecule is CC(C)NCCCc1cc2cc(F)ccc2o1. The molecule has 3 heteroatoms. The van der Waals surface area contributed by atoms with Crippen LogP contribution in [-0.4, -0.2) is 12.6 Å². The molecule has 0 atom stereocenters. The average molecular weight is 235 g/mol. The number of rotatable bonds is 5. The summed E-state index contributed by atoms with van der Waals surface area (Å²) in [6, 6.07) is 7.05. The van der Waals surface area contributed by atoms with Gasteiger partial charge in [-0.25, -0.2) is 4.39 Å². The van der Waals surface area contributed by atoms with Gasteiger partial charge >= 0.3 is 0 Å². The summed E-state index contributed by atoms with van der Waals surface area (Å²) in [7, 11) is 0. The van der Waals surface area contributed by atoms with Gasteiger partial charge in [0, 0.05) is 17.8 Å². The summed E-state index contributed by atoms with van der Waals surface area (Å²) in [6.45, 7) is 5.23. The highest BCUT2D eigenvalue weighted by molar-refractivity contribution is 5.77. The van der Waals surface area contributed by atoms with Gasteiger partial charge in [0.2, 0.25) is 0 Å². The summed E-state index contributed by atoms with van der Waals surface area (Å²) in [6.07, 6.45) is 1.91. The molecule has 0 radical (unpaired) electrons. The molecule has 0 saturated carbocycles. The lowest BCUT2D eigenvalue weighted by molar-refractivity contribution is 0.514. The largest absolute Gasteiger partial charge is 0.461 e. The smallest absolute Gasteiger partial charge is 0.134 e. The first-order chi connectivity index (χ1) is 8.15. The van der Waals surface area contributed by atoms with Gasteiger partial charge in [-0.15, -0.1) is 0 Å². The molecule has 2 nitrogen and oxygen atoms in total. The lowest BCUT2D eigenvalue weighted by atomic mass is 10.2. The first-order valence-corrected chi connectivity index (χ1v) is 6.06. The fourth-order valence-corrected chi connectivity index (χ4v) is 1.85. The van der Waals surface area contributed by atoms with Gasteiger partial charge in [-0.05, 0) is 37.2 Å². The van der Waals surface area contributed by atoms with Crippen molar-refractivity contribution in [3.63, 3.8) is 0 Å². The Morgan fingerprint density at radius 1 is 1.29 bits per heavy atom. The van der Waals surface area contributed by atoms with Gasteiger partial charge in [0.25, 0.3) is 0 Å². The number of hydrogen-bond donors (Lipinski definition) is 1. The Hall–Kier alpha value is -1.35. The van der Waals surface area contributed by atoms with Crippen molar-refractivity contribution in [3.8, 4) is 0 Å². The number of fused-ring (bicyclic) bond motifs is 1. The van der Waals surface area contributed by atoms with Crippen LogP contribution < -0.4 is 5.32 Å². The number of halogens is 1. The fraction of sp³-hybridized carbons (Fsp3) is 0.429. The summed E-state index contributed by atoms with van der Waals surface area (Å²) in [4.78, 5) is 0. The number of hydrogen-bond acceptors (Lipinski definition) is 2. The van der Waals surface area contributed by atoms with E-state index in [2.05, 4.69) is 19.2 Å². The van der Waals surface area contributed by atoms with Crippen LogP contribution in [-0.2, 0) is 6.42 Å². The monoisotopic (exact) mass is 235 g/mol. The maximum Gasteiger partial charge on any atom is 0.134 e. The van der Waals surface area contributed by atoms with Crippen LogP contribution in [0.4, 0.5) is 4.39 Å². The zero-order valence-corrected chi connectivity index (χ0v) is 10.3. The molecule has 2 aromatic rings. The van der Waals surface area contributed by atoms with E-state index in [0.29, 0.717) is 6.04 Å². The Bertz CT molecular complexity index is 490. The standard InChI is InChI=1S/C14H18FNO/c1-10(2)16-7-3-4-13-9-11-8-12(15)5-6-14(11)17-13/h5-6,8-10,16H,3-4,7H2,1-2H3. The van der Waals surface area contributed by atoms with E-state index >= 15 is 0 Å². The molecule has 0 unspecified atom stereocenters. The number of benzene rings is 1. The third kappa shape index (κ3) is 3.30. The minimum absolute atomic E-state index is 0.216. The Morgan fingerprint density at radius 3 is 2.88 bits per heavy atom. The second-order valence-electron chi connectivity index (χ2n) is 4.61. The van der Waals surface area contributed by atoms with Crippen molar-refractivity contribution >= 4 is 11.0 Å². The Labute approximate surface area is 101 Å². The van der Waals surface area contributed by atoms with Gasteiger partial charge in [-0.2, -0.15) is 0 Å². The molecule has 0 bridgehead atoms. The van der Waals surface area contributed by atoms with Crippen LogP contribution in [0.15, 0.2) is 28.7 Å². The van der Waals surface area contributed by atoms with Crippen LogP contribution in [0, 0.1) is 5.82 Å². The lowest BCUT2D eigenvalue weighted by Crippen LogP contribution is -2.23. The molecule has 0 saturated heterocycles. The van der Waals surface area contributed by atoms with Crippen LogP contribution in [0.1, 0.15) is 26.0 Å². The van der Waals surface area contributed by atoms with Crippen LogP contribution in [0.5, 0.6) is 0 Å². The molecule has 2 rings (SSSR count). The van der Waals surface area contributed by atoms with Crippen molar-refractivity contribution < 1.29 is 8.81 Å². The van der Waals surface area contributed by atoms with E-state index in [1.165, 1.54) is 12.1 Å². The van der Waals surface area contributed by atoms with E-state index in [1.54, 1.807) is 6.07 Å². The van der Waals surface area contributed by atoms with Crippen LogP contribution >= 0.6 is 0 Å². The maximum atomic E-state index is 13.0.